The van der Waals surface area contributed by atoms with Crippen LogP contribution in [-0.2, 0) is 9.53 Å². The van der Waals surface area contributed by atoms with Gasteiger partial charge in [-0.25, -0.2) is 4.79 Å². The lowest BCUT2D eigenvalue weighted by Gasteiger charge is -2.05. The topological polar surface area (TPSA) is 26.3 Å². The van der Waals surface area contributed by atoms with E-state index in [0.29, 0.717) is 12.2 Å². The van der Waals surface area contributed by atoms with E-state index in [2.05, 4.69) is 13.5 Å². The first-order valence-corrected chi connectivity index (χ1v) is 16.5. The van der Waals surface area contributed by atoms with Crippen LogP contribution in [0.2, 0.25) is 0 Å². The van der Waals surface area contributed by atoms with Gasteiger partial charge in [-0.15, -0.1) is 0 Å². The number of ether oxygens (including phenoxy) is 1. The van der Waals surface area contributed by atoms with Crippen LogP contribution in [-0.4, -0.2) is 12.6 Å². The lowest BCUT2D eigenvalue weighted by Crippen LogP contribution is -2.05. The van der Waals surface area contributed by atoms with Crippen molar-refractivity contribution in [1.82, 2.24) is 0 Å². The fourth-order valence-corrected chi connectivity index (χ4v) is 5.06. The summed E-state index contributed by atoms with van der Waals surface area (Å²) in [5.41, 5.74) is 0.496. The van der Waals surface area contributed by atoms with Gasteiger partial charge in [-0.3, -0.25) is 0 Å². The lowest BCUT2D eigenvalue weighted by molar-refractivity contribution is -0.139. The molecular weight excluding hydrogens is 440 g/mol. The second-order valence-electron chi connectivity index (χ2n) is 11.5. The minimum Gasteiger partial charge on any atom is -0.462 e. The van der Waals surface area contributed by atoms with Crippen molar-refractivity contribution in [3.8, 4) is 0 Å². The normalized spacial score (nSPS) is 11.2. The Morgan fingerprint density at radius 1 is 0.444 bits per heavy atom. The van der Waals surface area contributed by atoms with Gasteiger partial charge in [0.2, 0.25) is 0 Å². The van der Waals surface area contributed by atoms with Gasteiger partial charge in [-0.2, -0.15) is 0 Å². The Labute approximate surface area is 227 Å². The number of unbranched alkanes of at least 4 members (excludes halogenated alkanes) is 27. The van der Waals surface area contributed by atoms with E-state index in [-0.39, 0.29) is 5.97 Å². The summed E-state index contributed by atoms with van der Waals surface area (Å²) in [7, 11) is 0. The molecular formula is C34H66O2. The van der Waals surface area contributed by atoms with Crippen LogP contribution < -0.4 is 0 Å². The lowest BCUT2D eigenvalue weighted by atomic mass is 10.0. The first-order valence-electron chi connectivity index (χ1n) is 16.5. The first kappa shape index (κ1) is 35.2. The zero-order valence-electron chi connectivity index (χ0n) is 25.0. The number of esters is 1. The second-order valence-corrected chi connectivity index (χ2v) is 11.5. The van der Waals surface area contributed by atoms with Crippen LogP contribution in [0.4, 0.5) is 0 Å². The quantitative estimate of drug-likeness (QED) is 0.0550. The molecule has 0 unspecified atom stereocenters. The van der Waals surface area contributed by atoms with Crippen molar-refractivity contribution in [3.05, 3.63) is 12.2 Å². The monoisotopic (exact) mass is 507 g/mol. The molecule has 0 rings (SSSR count). The summed E-state index contributed by atoms with van der Waals surface area (Å²) in [5.74, 6) is -0.250. The Balaban J connectivity index is 3.05. The second kappa shape index (κ2) is 30.4. The molecule has 2 heteroatoms. The van der Waals surface area contributed by atoms with Gasteiger partial charge in [0, 0.05) is 5.57 Å². The molecule has 0 fully saturated rings. The molecule has 0 N–H and O–H groups in total. The van der Waals surface area contributed by atoms with E-state index in [1.54, 1.807) is 6.92 Å². The van der Waals surface area contributed by atoms with Gasteiger partial charge >= 0.3 is 5.97 Å². The number of carbonyl (C=O) groups is 1. The molecule has 0 aliphatic carbocycles. The zero-order valence-corrected chi connectivity index (χ0v) is 25.0. The van der Waals surface area contributed by atoms with Crippen molar-refractivity contribution in [3.63, 3.8) is 0 Å². The van der Waals surface area contributed by atoms with Gasteiger partial charge < -0.3 is 4.74 Å². The molecule has 0 saturated heterocycles. The summed E-state index contributed by atoms with van der Waals surface area (Å²) < 4.78 is 5.12. The molecule has 0 aliphatic heterocycles. The van der Waals surface area contributed by atoms with Gasteiger partial charge in [0.1, 0.15) is 0 Å². The van der Waals surface area contributed by atoms with Crippen molar-refractivity contribution in [1.29, 1.82) is 0 Å². The predicted octanol–water partition coefficient (Wildman–Crippen LogP) is 12.0. The highest BCUT2D eigenvalue weighted by atomic mass is 16.5. The van der Waals surface area contributed by atoms with E-state index < -0.39 is 0 Å². The Morgan fingerprint density at radius 3 is 0.889 bits per heavy atom. The molecule has 214 valence electrons. The minimum atomic E-state index is -0.250. The molecule has 0 spiro atoms. The zero-order chi connectivity index (χ0) is 26.4. The average molecular weight is 507 g/mol. The van der Waals surface area contributed by atoms with E-state index in [4.69, 9.17) is 4.74 Å². The predicted molar refractivity (Wildman–Crippen MR) is 161 cm³/mol. The fraction of sp³-hybridized carbons (Fsp3) is 0.912. The summed E-state index contributed by atoms with van der Waals surface area (Å²) in [6.45, 7) is 8.14. The van der Waals surface area contributed by atoms with Crippen LogP contribution in [0.5, 0.6) is 0 Å². The van der Waals surface area contributed by atoms with Crippen LogP contribution in [0.25, 0.3) is 0 Å². The van der Waals surface area contributed by atoms with Crippen molar-refractivity contribution >= 4 is 5.97 Å². The Morgan fingerprint density at radius 2 is 0.667 bits per heavy atom. The van der Waals surface area contributed by atoms with Crippen LogP contribution in [0.3, 0.4) is 0 Å². The molecule has 0 atom stereocenters. The summed E-state index contributed by atoms with van der Waals surface area (Å²) >= 11 is 0. The number of hydrogen-bond acceptors (Lipinski definition) is 2. The highest BCUT2D eigenvalue weighted by Gasteiger charge is 2.02. The van der Waals surface area contributed by atoms with Gasteiger partial charge in [-0.1, -0.05) is 187 Å². The van der Waals surface area contributed by atoms with E-state index in [1.165, 1.54) is 173 Å². The Bertz CT molecular complexity index is 456. The minimum absolute atomic E-state index is 0.250. The van der Waals surface area contributed by atoms with E-state index in [1.807, 2.05) is 0 Å². The Hall–Kier alpha value is -0.790. The highest BCUT2D eigenvalue weighted by Crippen LogP contribution is 2.16. The van der Waals surface area contributed by atoms with E-state index in [0.717, 1.165) is 6.42 Å². The maximum absolute atomic E-state index is 11.3. The van der Waals surface area contributed by atoms with Gasteiger partial charge in [0.15, 0.2) is 0 Å². The summed E-state index contributed by atoms with van der Waals surface area (Å²) in [6, 6.07) is 0. The number of rotatable bonds is 30. The maximum atomic E-state index is 11.3. The smallest absolute Gasteiger partial charge is 0.333 e. The van der Waals surface area contributed by atoms with Crippen LogP contribution >= 0.6 is 0 Å². The van der Waals surface area contributed by atoms with Crippen LogP contribution in [0.1, 0.15) is 194 Å². The van der Waals surface area contributed by atoms with Crippen molar-refractivity contribution < 1.29 is 9.53 Å². The third-order valence-corrected chi connectivity index (χ3v) is 7.58. The molecule has 0 radical (unpaired) electrons. The third-order valence-electron chi connectivity index (χ3n) is 7.58. The SMILES string of the molecule is C=C(C)C(=O)OCCCCCCCCCCCCCCCCCCCCCCCCCCCCCC. The molecule has 0 amide bonds. The van der Waals surface area contributed by atoms with Gasteiger partial charge in [0.05, 0.1) is 6.61 Å². The Kier molecular flexibility index (Phi) is 29.8. The summed E-state index contributed by atoms with van der Waals surface area (Å²) in [6.07, 6.45) is 39.5. The highest BCUT2D eigenvalue weighted by molar-refractivity contribution is 5.86. The molecule has 0 aromatic carbocycles. The van der Waals surface area contributed by atoms with Gasteiger partial charge in [0.25, 0.3) is 0 Å². The molecule has 0 aromatic rings. The summed E-state index contributed by atoms with van der Waals surface area (Å²) in [4.78, 5) is 11.3. The molecule has 36 heavy (non-hydrogen) atoms. The number of carbonyl (C=O) groups excluding carboxylic acids is 1. The fourth-order valence-electron chi connectivity index (χ4n) is 5.06. The molecule has 0 bridgehead atoms. The van der Waals surface area contributed by atoms with Crippen LogP contribution in [0.15, 0.2) is 12.2 Å². The van der Waals surface area contributed by atoms with Crippen molar-refractivity contribution in [2.75, 3.05) is 6.61 Å². The van der Waals surface area contributed by atoms with E-state index in [9.17, 15) is 4.79 Å². The molecule has 2 nitrogen and oxygen atoms in total. The third kappa shape index (κ3) is 29.4. The van der Waals surface area contributed by atoms with E-state index >= 15 is 0 Å². The standard InChI is InChI=1S/C34H66O2/c1-4-5-6-7-8-9-10-11-12-13-14-15-16-17-18-19-20-21-22-23-24-25-26-27-28-29-30-31-32-36-34(35)33(2)3/h2,4-32H2,1,3H3. The van der Waals surface area contributed by atoms with Crippen molar-refractivity contribution in [2.45, 2.75) is 194 Å². The largest absolute Gasteiger partial charge is 0.462 e. The number of hydrogen-bond donors (Lipinski definition) is 0. The average Bonchev–Trinajstić information content (AvgIpc) is 2.87. The maximum Gasteiger partial charge on any atom is 0.333 e. The molecule has 0 heterocycles. The van der Waals surface area contributed by atoms with Crippen molar-refractivity contribution in [2.24, 2.45) is 0 Å². The molecule has 0 aromatic heterocycles. The molecule has 0 aliphatic rings. The van der Waals surface area contributed by atoms with Gasteiger partial charge in [-0.05, 0) is 13.3 Å². The van der Waals surface area contributed by atoms with Crippen LogP contribution in [0, 0.1) is 0 Å². The molecule has 0 saturated carbocycles. The summed E-state index contributed by atoms with van der Waals surface area (Å²) in [5, 5.41) is 0. The first-order chi connectivity index (χ1) is 17.7.